The third-order valence-electron chi connectivity index (χ3n) is 1.77. The van der Waals surface area contributed by atoms with Crippen molar-refractivity contribution in [2.45, 2.75) is 12.3 Å². The molecule has 0 atom stereocenters. The second-order valence-electron chi connectivity index (χ2n) is 2.68. The molecule has 1 aromatic heterocycles. The Morgan fingerprint density at radius 3 is 2.86 bits per heavy atom. The summed E-state index contributed by atoms with van der Waals surface area (Å²) in [5.74, 6) is -0.418. The van der Waals surface area contributed by atoms with E-state index in [1.54, 1.807) is 13.0 Å². The number of hydrogen-bond acceptors (Lipinski definition) is 3. The highest BCUT2D eigenvalue weighted by atomic mass is 79.9. The van der Waals surface area contributed by atoms with Gasteiger partial charge in [-0.2, -0.15) is 0 Å². The van der Waals surface area contributed by atoms with E-state index in [1.807, 2.05) is 0 Å². The summed E-state index contributed by atoms with van der Waals surface area (Å²) < 4.78 is 4.60. The number of nitrogens with zero attached hydrogens (tertiary/aromatic N) is 1. The molecule has 5 heteroatoms. The number of rotatable bonds is 2. The van der Waals surface area contributed by atoms with Crippen LogP contribution in [0, 0.1) is 6.92 Å². The number of methoxy groups -OCH3 is 1. The number of carbonyl (C=O) groups excluding carboxylic acids is 1. The standard InChI is InChI=1S/C9H9BrClNO2/c1-5-6(9(13)14-2)3-7(11)8(4-10)12-5/h3H,4H2,1-2H3. The van der Waals surface area contributed by atoms with Gasteiger partial charge in [0.1, 0.15) is 0 Å². The summed E-state index contributed by atoms with van der Waals surface area (Å²) in [5, 5.41) is 1.03. The molecule has 3 nitrogen and oxygen atoms in total. The van der Waals surface area contributed by atoms with E-state index in [-0.39, 0.29) is 0 Å². The lowest BCUT2D eigenvalue weighted by atomic mass is 10.2. The molecule has 0 bridgehead atoms. The van der Waals surface area contributed by atoms with Gasteiger partial charge < -0.3 is 4.74 Å². The molecule has 0 aliphatic heterocycles. The maximum Gasteiger partial charge on any atom is 0.339 e. The molecule has 0 aliphatic carbocycles. The molecule has 0 unspecified atom stereocenters. The van der Waals surface area contributed by atoms with Crippen molar-refractivity contribution >= 4 is 33.5 Å². The van der Waals surface area contributed by atoms with Crippen molar-refractivity contribution in [3.63, 3.8) is 0 Å². The lowest BCUT2D eigenvalue weighted by Crippen LogP contribution is -2.06. The van der Waals surface area contributed by atoms with Crippen LogP contribution in [0.25, 0.3) is 0 Å². The number of pyridine rings is 1. The Hall–Kier alpha value is -0.610. The smallest absolute Gasteiger partial charge is 0.339 e. The number of halogens is 2. The molecule has 0 fully saturated rings. The van der Waals surface area contributed by atoms with Crippen LogP contribution < -0.4 is 0 Å². The largest absolute Gasteiger partial charge is 0.465 e. The topological polar surface area (TPSA) is 39.2 Å². The van der Waals surface area contributed by atoms with E-state index >= 15 is 0 Å². The Bertz CT molecular complexity index is 368. The molecule has 0 aliphatic rings. The molecule has 0 saturated carbocycles. The minimum atomic E-state index is -0.418. The number of hydrogen-bond donors (Lipinski definition) is 0. The first-order valence-corrected chi connectivity index (χ1v) is 5.40. The van der Waals surface area contributed by atoms with Crippen LogP contribution in [-0.2, 0) is 10.1 Å². The third kappa shape index (κ3) is 2.25. The molecule has 1 rings (SSSR count). The molecule has 0 radical (unpaired) electrons. The van der Waals surface area contributed by atoms with Gasteiger partial charge in [0.2, 0.25) is 0 Å². The van der Waals surface area contributed by atoms with Crippen molar-refractivity contribution in [1.29, 1.82) is 0 Å². The first kappa shape index (κ1) is 11.5. The van der Waals surface area contributed by atoms with Crippen molar-refractivity contribution in [2.24, 2.45) is 0 Å². The minimum Gasteiger partial charge on any atom is -0.465 e. The van der Waals surface area contributed by atoms with E-state index < -0.39 is 5.97 Å². The quantitative estimate of drug-likeness (QED) is 0.617. The number of aryl methyl sites for hydroxylation is 1. The summed E-state index contributed by atoms with van der Waals surface area (Å²) in [5.41, 5.74) is 1.75. The number of alkyl halides is 1. The fraction of sp³-hybridized carbons (Fsp3) is 0.333. The average molecular weight is 279 g/mol. The summed E-state index contributed by atoms with van der Waals surface area (Å²) in [4.78, 5) is 15.4. The van der Waals surface area contributed by atoms with Crippen molar-refractivity contribution in [2.75, 3.05) is 7.11 Å². The van der Waals surface area contributed by atoms with Crippen LogP contribution in [0.2, 0.25) is 5.02 Å². The molecular weight excluding hydrogens is 269 g/mol. The SMILES string of the molecule is COC(=O)c1cc(Cl)c(CBr)nc1C. The predicted octanol–water partition coefficient (Wildman–Crippen LogP) is 2.72. The molecule has 1 aromatic rings. The summed E-state index contributed by atoms with van der Waals surface area (Å²) in [6, 6.07) is 1.58. The number of ether oxygens (including phenoxy) is 1. The van der Waals surface area contributed by atoms with E-state index in [0.29, 0.717) is 21.6 Å². The maximum absolute atomic E-state index is 11.3. The first-order valence-electron chi connectivity index (χ1n) is 3.90. The van der Waals surface area contributed by atoms with E-state index in [4.69, 9.17) is 11.6 Å². The monoisotopic (exact) mass is 277 g/mol. The molecular formula is C9H9BrClNO2. The van der Waals surface area contributed by atoms with E-state index in [2.05, 4.69) is 25.7 Å². The summed E-state index contributed by atoms with van der Waals surface area (Å²) in [6.07, 6.45) is 0. The van der Waals surface area contributed by atoms with Crippen molar-refractivity contribution in [3.05, 3.63) is 28.0 Å². The van der Waals surface area contributed by atoms with Gasteiger partial charge >= 0.3 is 5.97 Å². The Morgan fingerprint density at radius 2 is 2.36 bits per heavy atom. The molecule has 1 heterocycles. The van der Waals surface area contributed by atoms with Gasteiger partial charge in [-0.25, -0.2) is 4.79 Å². The van der Waals surface area contributed by atoms with Crippen LogP contribution >= 0.6 is 27.5 Å². The summed E-state index contributed by atoms with van der Waals surface area (Å²) in [7, 11) is 1.33. The second kappa shape index (κ2) is 4.75. The zero-order valence-electron chi connectivity index (χ0n) is 7.80. The predicted molar refractivity (Wildman–Crippen MR) is 58.0 cm³/mol. The molecule has 0 amide bonds. The van der Waals surface area contributed by atoms with Crippen LogP contribution in [0.5, 0.6) is 0 Å². The van der Waals surface area contributed by atoms with Crippen LogP contribution in [0.1, 0.15) is 21.7 Å². The van der Waals surface area contributed by atoms with E-state index in [1.165, 1.54) is 7.11 Å². The van der Waals surface area contributed by atoms with Gasteiger partial charge in [-0.05, 0) is 13.0 Å². The van der Waals surface area contributed by atoms with Crippen molar-refractivity contribution < 1.29 is 9.53 Å². The Labute approximate surface area is 95.6 Å². The van der Waals surface area contributed by atoms with E-state index in [9.17, 15) is 4.79 Å². The lowest BCUT2D eigenvalue weighted by Gasteiger charge is -2.06. The zero-order chi connectivity index (χ0) is 10.7. The van der Waals surface area contributed by atoms with Crippen molar-refractivity contribution in [1.82, 2.24) is 4.98 Å². The van der Waals surface area contributed by atoms with Gasteiger partial charge in [-0.3, -0.25) is 4.98 Å². The van der Waals surface area contributed by atoms with Gasteiger partial charge in [-0.15, -0.1) is 0 Å². The Morgan fingerprint density at radius 1 is 1.71 bits per heavy atom. The Balaban J connectivity index is 3.21. The lowest BCUT2D eigenvalue weighted by molar-refractivity contribution is 0.0599. The second-order valence-corrected chi connectivity index (χ2v) is 3.64. The zero-order valence-corrected chi connectivity index (χ0v) is 10.1. The van der Waals surface area contributed by atoms with Gasteiger partial charge in [0.15, 0.2) is 0 Å². The van der Waals surface area contributed by atoms with Gasteiger partial charge in [0.05, 0.1) is 29.1 Å². The van der Waals surface area contributed by atoms with Gasteiger partial charge in [0.25, 0.3) is 0 Å². The molecule has 76 valence electrons. The van der Waals surface area contributed by atoms with Crippen LogP contribution in [0.3, 0.4) is 0 Å². The summed E-state index contributed by atoms with van der Waals surface area (Å²) in [6.45, 7) is 1.74. The summed E-state index contributed by atoms with van der Waals surface area (Å²) >= 11 is 9.16. The van der Waals surface area contributed by atoms with Crippen LogP contribution in [-0.4, -0.2) is 18.1 Å². The van der Waals surface area contributed by atoms with Crippen LogP contribution in [0.4, 0.5) is 0 Å². The third-order valence-corrected chi connectivity index (χ3v) is 2.63. The van der Waals surface area contributed by atoms with Gasteiger partial charge in [0, 0.05) is 5.33 Å². The van der Waals surface area contributed by atoms with Crippen molar-refractivity contribution in [3.8, 4) is 0 Å². The first-order chi connectivity index (χ1) is 6.60. The molecule has 0 spiro atoms. The fourth-order valence-electron chi connectivity index (χ4n) is 1.04. The average Bonchev–Trinajstić information content (AvgIpc) is 2.19. The number of carbonyl (C=O) groups is 1. The molecule has 0 saturated heterocycles. The molecule has 0 aromatic carbocycles. The van der Waals surface area contributed by atoms with Crippen LogP contribution in [0.15, 0.2) is 6.07 Å². The maximum atomic E-state index is 11.3. The molecule has 14 heavy (non-hydrogen) atoms. The highest BCUT2D eigenvalue weighted by molar-refractivity contribution is 9.08. The highest BCUT2D eigenvalue weighted by Gasteiger charge is 2.13. The fourth-order valence-corrected chi connectivity index (χ4v) is 1.85. The normalized spacial score (nSPS) is 10.0. The Kier molecular flexibility index (Phi) is 3.89. The van der Waals surface area contributed by atoms with E-state index in [0.717, 1.165) is 5.69 Å². The minimum absolute atomic E-state index is 0.405. The van der Waals surface area contributed by atoms with Gasteiger partial charge in [-0.1, -0.05) is 27.5 Å². The molecule has 0 N–H and O–H groups in total. The number of aromatic nitrogens is 1. The number of esters is 1. The highest BCUT2D eigenvalue weighted by Crippen LogP contribution is 2.20.